The van der Waals surface area contributed by atoms with Crippen LogP contribution in [0.4, 0.5) is 0 Å². The Morgan fingerprint density at radius 3 is 3.00 bits per heavy atom. The molecule has 3 nitrogen and oxygen atoms in total. The fourth-order valence-electron chi connectivity index (χ4n) is 1.98. The Hall–Kier alpha value is -0.620. The monoisotopic (exact) mass is 330 g/mol. The van der Waals surface area contributed by atoms with Gasteiger partial charge in [0, 0.05) is 28.3 Å². The molecule has 1 aromatic carbocycles. The van der Waals surface area contributed by atoms with Crippen LogP contribution < -0.4 is 5.32 Å². The predicted octanol–water partition coefficient (Wildman–Crippen LogP) is 1.73. The number of nitrogens with one attached hydrogen (secondary N) is 1. The summed E-state index contributed by atoms with van der Waals surface area (Å²) < 4.78 is 1.10. The second kappa shape index (κ2) is 5.14. The summed E-state index contributed by atoms with van der Waals surface area (Å²) in [5.41, 5.74) is 0.795. The minimum absolute atomic E-state index is 0.149. The normalized spacial score (nSPS) is 20.1. The molecule has 4 heteroatoms. The highest BCUT2D eigenvalue weighted by atomic mass is 127. The SMILES string of the molecule is CNC1CCN(C(=O)c2cccc(I)c2)C1. The predicted molar refractivity (Wildman–Crippen MR) is 72.5 cm³/mol. The third-order valence-corrected chi connectivity index (χ3v) is 3.63. The molecule has 2 rings (SSSR count). The number of hydrogen-bond acceptors (Lipinski definition) is 2. The molecule has 0 spiro atoms. The zero-order valence-corrected chi connectivity index (χ0v) is 11.4. The number of hydrogen-bond donors (Lipinski definition) is 1. The van der Waals surface area contributed by atoms with E-state index in [-0.39, 0.29) is 5.91 Å². The van der Waals surface area contributed by atoms with E-state index in [0.29, 0.717) is 6.04 Å². The number of benzene rings is 1. The van der Waals surface area contributed by atoms with Crippen LogP contribution in [0, 0.1) is 3.57 Å². The van der Waals surface area contributed by atoms with E-state index in [4.69, 9.17) is 0 Å². The van der Waals surface area contributed by atoms with Gasteiger partial charge in [-0.1, -0.05) is 6.07 Å². The van der Waals surface area contributed by atoms with Gasteiger partial charge in [0.2, 0.25) is 0 Å². The van der Waals surface area contributed by atoms with E-state index in [1.54, 1.807) is 0 Å². The van der Waals surface area contributed by atoms with Gasteiger partial charge in [0.25, 0.3) is 5.91 Å². The Morgan fingerprint density at radius 1 is 1.56 bits per heavy atom. The Kier molecular flexibility index (Phi) is 3.81. The number of rotatable bonds is 2. The molecule has 1 N–H and O–H groups in total. The Labute approximate surface area is 109 Å². The van der Waals surface area contributed by atoms with Gasteiger partial charge in [0.15, 0.2) is 0 Å². The molecule has 0 saturated carbocycles. The Morgan fingerprint density at radius 2 is 2.38 bits per heavy atom. The van der Waals surface area contributed by atoms with Gasteiger partial charge in [-0.3, -0.25) is 4.79 Å². The number of carbonyl (C=O) groups is 1. The maximum absolute atomic E-state index is 12.2. The zero-order valence-electron chi connectivity index (χ0n) is 9.24. The number of carbonyl (C=O) groups excluding carboxylic acids is 1. The van der Waals surface area contributed by atoms with Gasteiger partial charge in [-0.2, -0.15) is 0 Å². The molecule has 1 aromatic rings. The summed E-state index contributed by atoms with van der Waals surface area (Å²) >= 11 is 2.23. The van der Waals surface area contributed by atoms with E-state index in [2.05, 4.69) is 27.9 Å². The summed E-state index contributed by atoms with van der Waals surface area (Å²) in [5, 5.41) is 3.22. The first-order valence-corrected chi connectivity index (χ1v) is 6.50. The quantitative estimate of drug-likeness (QED) is 0.838. The summed E-state index contributed by atoms with van der Waals surface area (Å²) in [6, 6.07) is 8.21. The number of amides is 1. The zero-order chi connectivity index (χ0) is 11.5. The van der Waals surface area contributed by atoms with Gasteiger partial charge in [-0.15, -0.1) is 0 Å². The Balaban J connectivity index is 2.08. The van der Waals surface area contributed by atoms with Crippen molar-refractivity contribution in [2.75, 3.05) is 20.1 Å². The fourth-order valence-corrected chi connectivity index (χ4v) is 2.53. The average molecular weight is 330 g/mol. The first-order valence-electron chi connectivity index (χ1n) is 5.43. The van der Waals surface area contributed by atoms with Gasteiger partial charge in [0.1, 0.15) is 0 Å². The van der Waals surface area contributed by atoms with Crippen LogP contribution in [-0.2, 0) is 0 Å². The summed E-state index contributed by atoms with van der Waals surface area (Å²) in [6.45, 7) is 1.68. The lowest BCUT2D eigenvalue weighted by Gasteiger charge is -2.16. The van der Waals surface area contributed by atoms with E-state index < -0.39 is 0 Å². The smallest absolute Gasteiger partial charge is 0.253 e. The van der Waals surface area contributed by atoms with Crippen LogP contribution in [-0.4, -0.2) is 37.0 Å². The van der Waals surface area contributed by atoms with Gasteiger partial charge in [-0.05, 0) is 54.3 Å². The highest BCUT2D eigenvalue weighted by molar-refractivity contribution is 14.1. The molecule has 1 saturated heterocycles. The van der Waals surface area contributed by atoms with Crippen molar-refractivity contribution in [2.24, 2.45) is 0 Å². The standard InChI is InChI=1S/C12H15IN2O/c1-14-11-5-6-15(8-11)12(16)9-3-2-4-10(13)7-9/h2-4,7,11,14H,5-6,8H2,1H3. The van der Waals surface area contributed by atoms with E-state index in [0.717, 1.165) is 28.6 Å². The minimum Gasteiger partial charge on any atom is -0.337 e. The van der Waals surface area contributed by atoms with Crippen LogP contribution in [0.2, 0.25) is 0 Å². The molecule has 0 radical (unpaired) electrons. The molecule has 16 heavy (non-hydrogen) atoms. The van der Waals surface area contributed by atoms with Crippen LogP contribution in [0.5, 0.6) is 0 Å². The third kappa shape index (κ3) is 2.55. The van der Waals surface area contributed by atoms with Gasteiger partial charge in [-0.25, -0.2) is 0 Å². The summed E-state index contributed by atoms with van der Waals surface area (Å²) in [6.07, 6.45) is 1.05. The highest BCUT2D eigenvalue weighted by Gasteiger charge is 2.25. The van der Waals surface area contributed by atoms with Gasteiger partial charge in [0.05, 0.1) is 0 Å². The van der Waals surface area contributed by atoms with Crippen molar-refractivity contribution >= 4 is 28.5 Å². The van der Waals surface area contributed by atoms with E-state index in [1.807, 2.05) is 36.2 Å². The molecule has 1 fully saturated rings. The summed E-state index contributed by atoms with van der Waals surface area (Å²) in [4.78, 5) is 14.1. The molecule has 1 unspecified atom stereocenters. The first kappa shape index (κ1) is 11.9. The second-order valence-electron chi connectivity index (χ2n) is 4.04. The molecule has 0 aromatic heterocycles. The highest BCUT2D eigenvalue weighted by Crippen LogP contribution is 2.15. The van der Waals surface area contributed by atoms with E-state index in [9.17, 15) is 4.79 Å². The van der Waals surface area contributed by atoms with Crippen LogP contribution in [0.1, 0.15) is 16.8 Å². The maximum Gasteiger partial charge on any atom is 0.253 e. The largest absolute Gasteiger partial charge is 0.337 e. The third-order valence-electron chi connectivity index (χ3n) is 2.96. The number of likely N-dealkylation sites (N-methyl/N-ethyl adjacent to an activating group) is 1. The molecule has 1 amide bonds. The lowest BCUT2D eigenvalue weighted by Crippen LogP contribution is -2.33. The Bertz CT molecular complexity index is 394. The van der Waals surface area contributed by atoms with Crippen molar-refractivity contribution in [3.63, 3.8) is 0 Å². The van der Waals surface area contributed by atoms with Crippen LogP contribution in [0.15, 0.2) is 24.3 Å². The molecule has 1 aliphatic rings. The topological polar surface area (TPSA) is 32.3 Å². The number of halogens is 1. The van der Waals surface area contributed by atoms with E-state index in [1.165, 1.54) is 0 Å². The van der Waals surface area contributed by atoms with Gasteiger partial charge < -0.3 is 10.2 Å². The van der Waals surface area contributed by atoms with Crippen molar-refractivity contribution < 1.29 is 4.79 Å². The van der Waals surface area contributed by atoms with Crippen LogP contribution in [0.25, 0.3) is 0 Å². The molecular weight excluding hydrogens is 315 g/mol. The number of nitrogens with zero attached hydrogens (tertiary/aromatic N) is 1. The summed E-state index contributed by atoms with van der Waals surface area (Å²) in [7, 11) is 1.95. The fraction of sp³-hybridized carbons (Fsp3) is 0.417. The van der Waals surface area contributed by atoms with Crippen LogP contribution in [0.3, 0.4) is 0 Å². The molecule has 1 aliphatic heterocycles. The second-order valence-corrected chi connectivity index (χ2v) is 5.28. The molecular formula is C12H15IN2O. The minimum atomic E-state index is 0.149. The first-order chi connectivity index (χ1) is 7.70. The molecule has 86 valence electrons. The van der Waals surface area contributed by atoms with Crippen molar-refractivity contribution in [1.82, 2.24) is 10.2 Å². The molecule has 0 aliphatic carbocycles. The van der Waals surface area contributed by atoms with Crippen molar-refractivity contribution in [3.05, 3.63) is 33.4 Å². The lowest BCUT2D eigenvalue weighted by atomic mass is 10.2. The molecule has 0 bridgehead atoms. The van der Waals surface area contributed by atoms with Crippen molar-refractivity contribution in [2.45, 2.75) is 12.5 Å². The van der Waals surface area contributed by atoms with Crippen molar-refractivity contribution in [3.8, 4) is 0 Å². The van der Waals surface area contributed by atoms with Crippen LogP contribution >= 0.6 is 22.6 Å². The van der Waals surface area contributed by atoms with E-state index >= 15 is 0 Å². The molecule has 1 atom stereocenters. The lowest BCUT2D eigenvalue weighted by molar-refractivity contribution is 0.0789. The average Bonchev–Trinajstić information content (AvgIpc) is 2.76. The van der Waals surface area contributed by atoms with Crippen molar-refractivity contribution in [1.29, 1.82) is 0 Å². The summed E-state index contributed by atoms with van der Waals surface area (Å²) in [5.74, 6) is 0.149. The number of likely N-dealkylation sites (tertiary alicyclic amines) is 1. The molecule has 1 heterocycles. The van der Waals surface area contributed by atoms with Gasteiger partial charge >= 0.3 is 0 Å². The maximum atomic E-state index is 12.2.